The molecule has 4 nitrogen and oxygen atoms in total. The van der Waals surface area contributed by atoms with Crippen molar-refractivity contribution in [3.8, 4) is 5.75 Å². The number of rotatable bonds is 7. The molecular weight excluding hydrogens is 497 g/mol. The third-order valence-electron chi connectivity index (χ3n) is 7.04. The van der Waals surface area contributed by atoms with Gasteiger partial charge in [-0.2, -0.15) is 0 Å². The van der Waals surface area contributed by atoms with E-state index in [0.29, 0.717) is 0 Å². The predicted octanol–water partition coefficient (Wildman–Crippen LogP) is 6.82. The van der Waals surface area contributed by atoms with Gasteiger partial charge in [0, 0.05) is 44.8 Å². The standard InChI is InChI=1S/C22H36N2O2.C7H8.Y/c1-6-12-20(24(7-2)13-10-8-9-11-14-24)22(25)23-21-17(3)15-19(26-5)16-18(21)4;1-7-5-3-2-4-6-7;/h15-16,20H,6-14H2,1-5H3;2-6H,1H3;/p+1. The molecule has 0 aliphatic carbocycles. The van der Waals surface area contributed by atoms with Gasteiger partial charge >= 0.3 is 0 Å². The minimum Gasteiger partial charge on any atom is -0.497 e. The molecule has 2 aromatic rings. The number of ether oxygens (including phenoxy) is 1. The smallest absolute Gasteiger partial charge is 0.282 e. The Bertz CT molecular complexity index is 839. The second kappa shape index (κ2) is 15.7. The molecule has 1 saturated heterocycles. The molecule has 1 N–H and O–H groups in total. The number of hydrogen-bond donors (Lipinski definition) is 1. The van der Waals surface area contributed by atoms with Gasteiger partial charge in [0.25, 0.3) is 5.91 Å². The van der Waals surface area contributed by atoms with Crippen LogP contribution in [0.5, 0.6) is 5.75 Å². The molecule has 1 atom stereocenters. The van der Waals surface area contributed by atoms with Gasteiger partial charge < -0.3 is 14.5 Å². The molecule has 1 aliphatic rings. The van der Waals surface area contributed by atoms with Crippen molar-refractivity contribution < 1.29 is 46.7 Å². The molecule has 1 amide bonds. The molecule has 0 aromatic heterocycles. The van der Waals surface area contributed by atoms with Crippen LogP contribution in [0.3, 0.4) is 0 Å². The summed E-state index contributed by atoms with van der Waals surface area (Å²) in [5.74, 6) is 1.03. The third-order valence-corrected chi connectivity index (χ3v) is 7.04. The number of carbonyl (C=O) groups is 1. The van der Waals surface area contributed by atoms with Gasteiger partial charge in [0.1, 0.15) is 5.75 Å². The Kier molecular flexibility index (Phi) is 14.2. The molecule has 0 saturated carbocycles. The monoisotopic (exact) mass is 542 g/mol. The van der Waals surface area contributed by atoms with Gasteiger partial charge in [0.15, 0.2) is 6.04 Å². The predicted molar refractivity (Wildman–Crippen MR) is 140 cm³/mol. The minimum atomic E-state index is 0. The van der Waals surface area contributed by atoms with Crippen molar-refractivity contribution in [1.82, 2.24) is 0 Å². The number of nitrogens with one attached hydrogen (secondary N) is 1. The fraction of sp³-hybridized carbons (Fsp3) is 0.552. The largest absolute Gasteiger partial charge is 0.497 e. The summed E-state index contributed by atoms with van der Waals surface area (Å²) in [6, 6.07) is 14.3. The Morgan fingerprint density at radius 3 is 1.94 bits per heavy atom. The van der Waals surface area contributed by atoms with E-state index >= 15 is 0 Å². The van der Waals surface area contributed by atoms with Crippen LogP contribution in [0.25, 0.3) is 0 Å². The summed E-state index contributed by atoms with van der Waals surface area (Å²) in [5, 5.41) is 3.28. The van der Waals surface area contributed by atoms with Gasteiger partial charge in [-0.05, 0) is 83.1 Å². The molecule has 2 aromatic carbocycles. The number of carbonyl (C=O) groups excluding carboxylic acids is 1. The van der Waals surface area contributed by atoms with E-state index in [4.69, 9.17) is 4.74 Å². The summed E-state index contributed by atoms with van der Waals surface area (Å²) in [6.45, 7) is 13.9. The fourth-order valence-electron chi connectivity index (χ4n) is 5.07. The quantitative estimate of drug-likeness (QED) is 0.390. The van der Waals surface area contributed by atoms with Gasteiger partial charge in [-0.15, -0.1) is 0 Å². The average Bonchev–Trinajstić information content (AvgIpc) is 3.07. The maximum absolute atomic E-state index is 13.4. The fourth-order valence-corrected chi connectivity index (χ4v) is 5.07. The van der Waals surface area contributed by atoms with Crippen molar-refractivity contribution in [2.75, 3.05) is 32.1 Å². The van der Waals surface area contributed by atoms with E-state index in [9.17, 15) is 4.79 Å². The van der Waals surface area contributed by atoms with Gasteiger partial charge in [-0.1, -0.05) is 42.8 Å². The summed E-state index contributed by atoms with van der Waals surface area (Å²) in [6.07, 6.45) is 7.07. The van der Waals surface area contributed by atoms with Crippen LogP contribution < -0.4 is 10.1 Å². The van der Waals surface area contributed by atoms with Crippen LogP contribution in [0.2, 0.25) is 0 Å². The topological polar surface area (TPSA) is 38.3 Å². The van der Waals surface area contributed by atoms with E-state index in [1.54, 1.807) is 7.11 Å². The van der Waals surface area contributed by atoms with Crippen molar-refractivity contribution in [1.29, 1.82) is 0 Å². The summed E-state index contributed by atoms with van der Waals surface area (Å²) >= 11 is 0. The number of hydrogen-bond acceptors (Lipinski definition) is 2. The molecule has 0 bridgehead atoms. The first-order valence-electron chi connectivity index (χ1n) is 12.7. The molecule has 1 fully saturated rings. The summed E-state index contributed by atoms with van der Waals surface area (Å²) in [4.78, 5) is 13.4. The van der Waals surface area contributed by atoms with Gasteiger partial charge in [-0.3, -0.25) is 4.79 Å². The Labute approximate surface area is 233 Å². The van der Waals surface area contributed by atoms with Crippen molar-refractivity contribution in [3.05, 3.63) is 59.2 Å². The average molecular weight is 543 g/mol. The molecule has 185 valence electrons. The molecule has 0 spiro atoms. The number of aryl methyl sites for hydroxylation is 3. The van der Waals surface area contributed by atoms with E-state index in [-0.39, 0.29) is 44.7 Å². The second-order valence-electron chi connectivity index (χ2n) is 9.48. The number of likely N-dealkylation sites (tertiary alicyclic amines) is 1. The van der Waals surface area contributed by atoms with Crippen molar-refractivity contribution in [2.24, 2.45) is 0 Å². The van der Waals surface area contributed by atoms with E-state index in [1.807, 2.05) is 44.2 Å². The Balaban J connectivity index is 0.000000618. The first-order chi connectivity index (χ1) is 15.9. The third kappa shape index (κ3) is 8.77. The van der Waals surface area contributed by atoms with Crippen LogP contribution in [0.4, 0.5) is 5.69 Å². The number of methoxy groups -OCH3 is 1. The van der Waals surface area contributed by atoms with Crippen molar-refractivity contribution in [2.45, 2.75) is 79.2 Å². The van der Waals surface area contributed by atoms with E-state index in [1.165, 1.54) is 31.2 Å². The maximum Gasteiger partial charge on any atom is 0.282 e. The zero-order valence-electron chi connectivity index (χ0n) is 22.3. The molecular formula is C29H45N2O2Y+. The van der Waals surface area contributed by atoms with E-state index in [0.717, 1.165) is 59.5 Å². The molecule has 5 heteroatoms. The van der Waals surface area contributed by atoms with Crippen molar-refractivity contribution in [3.63, 3.8) is 0 Å². The van der Waals surface area contributed by atoms with Crippen LogP contribution >= 0.6 is 0 Å². The number of quaternary nitrogens is 1. The van der Waals surface area contributed by atoms with E-state index < -0.39 is 0 Å². The first kappa shape index (κ1) is 30.8. The maximum atomic E-state index is 13.4. The normalized spacial score (nSPS) is 15.6. The van der Waals surface area contributed by atoms with Gasteiger partial charge in [0.05, 0.1) is 26.7 Å². The zero-order valence-corrected chi connectivity index (χ0v) is 25.2. The molecule has 1 aliphatic heterocycles. The van der Waals surface area contributed by atoms with Crippen molar-refractivity contribution >= 4 is 11.6 Å². The second-order valence-corrected chi connectivity index (χ2v) is 9.48. The number of likely N-dealkylation sites (N-methyl/N-ethyl adjacent to an activating group) is 1. The minimum absolute atomic E-state index is 0. The number of anilines is 1. The SMILES string of the molecule is CCCC(C(=O)Nc1c(C)cc(OC)cc1C)[N+]1(CC)CCCCCC1.Cc1ccccc1.[Y]. The molecule has 1 heterocycles. The van der Waals surface area contributed by atoms with Crippen LogP contribution in [0.1, 0.15) is 69.1 Å². The van der Waals surface area contributed by atoms with Crippen LogP contribution in [-0.4, -0.2) is 43.2 Å². The Morgan fingerprint density at radius 1 is 0.971 bits per heavy atom. The molecule has 1 unspecified atom stereocenters. The Hall–Kier alpha value is -1.23. The van der Waals surface area contributed by atoms with Crippen LogP contribution in [0, 0.1) is 20.8 Å². The number of amides is 1. The van der Waals surface area contributed by atoms with Gasteiger partial charge in [0.2, 0.25) is 0 Å². The summed E-state index contributed by atoms with van der Waals surface area (Å²) in [7, 11) is 1.68. The number of benzene rings is 2. The summed E-state index contributed by atoms with van der Waals surface area (Å²) in [5.41, 5.74) is 4.39. The molecule has 34 heavy (non-hydrogen) atoms. The Morgan fingerprint density at radius 2 is 1.53 bits per heavy atom. The molecule has 3 rings (SSSR count). The van der Waals surface area contributed by atoms with Crippen LogP contribution in [-0.2, 0) is 37.5 Å². The van der Waals surface area contributed by atoms with Gasteiger partial charge in [-0.25, -0.2) is 0 Å². The zero-order chi connectivity index (χ0) is 24.3. The van der Waals surface area contributed by atoms with E-state index in [2.05, 4.69) is 38.2 Å². The number of nitrogens with zero attached hydrogens (tertiary/aromatic N) is 1. The van der Waals surface area contributed by atoms with Crippen LogP contribution in [0.15, 0.2) is 42.5 Å². The first-order valence-corrected chi connectivity index (χ1v) is 12.7. The summed E-state index contributed by atoms with van der Waals surface area (Å²) < 4.78 is 6.30. The molecule has 1 radical (unpaired) electrons.